The highest BCUT2D eigenvalue weighted by Crippen LogP contribution is 1.94. The van der Waals surface area contributed by atoms with E-state index in [1.165, 1.54) is 0 Å². The molecule has 0 amide bonds. The van der Waals surface area contributed by atoms with Crippen LogP contribution >= 0.6 is 12.4 Å². The largest absolute Gasteiger partial charge is 0.391 e. The molecule has 0 aromatic rings. The lowest BCUT2D eigenvalue weighted by atomic mass is 10.3. The van der Waals surface area contributed by atoms with Gasteiger partial charge in [0.1, 0.15) is 0 Å². The van der Waals surface area contributed by atoms with Crippen LogP contribution < -0.4 is 5.73 Å². The van der Waals surface area contributed by atoms with Gasteiger partial charge in [-0.15, -0.1) is 12.4 Å². The fraction of sp³-hybridized carbons (Fsp3) is 1.00. The van der Waals surface area contributed by atoms with E-state index in [-0.39, 0.29) is 19.0 Å². The molecule has 3 N–H and O–H groups in total. The molecule has 0 aromatic heterocycles. The van der Waals surface area contributed by atoms with Gasteiger partial charge < -0.3 is 10.8 Å². The van der Waals surface area contributed by atoms with Gasteiger partial charge in [0.2, 0.25) is 0 Å². The van der Waals surface area contributed by atoms with Crippen molar-refractivity contribution in [3.8, 4) is 0 Å². The second-order valence-electron chi connectivity index (χ2n) is 2.22. The Morgan fingerprint density at radius 2 is 2.08 bits per heavy atom. The molecule has 0 aliphatic heterocycles. The van der Waals surface area contributed by atoms with Crippen LogP contribution in [0.25, 0.3) is 0 Å². The Balaban J connectivity index is 0. The summed E-state index contributed by atoms with van der Waals surface area (Å²) in [6, 6.07) is 0. The lowest BCUT2D eigenvalue weighted by Gasteiger charge is -2.07. The lowest BCUT2D eigenvalue weighted by molar-refractivity contribution is 0.106. The van der Waals surface area contributed by atoms with Gasteiger partial charge in [-0.1, -0.05) is 0 Å². The fourth-order valence-corrected chi connectivity index (χ4v) is 0.882. The monoisotopic (exact) mass is 219 g/mol. The molecule has 0 aliphatic rings. The normalized spacial score (nSPS) is 13.6. The molecule has 0 radical (unpaired) electrons. The van der Waals surface area contributed by atoms with Crippen molar-refractivity contribution in [3.63, 3.8) is 0 Å². The maximum atomic E-state index is 10.4. The lowest BCUT2D eigenvalue weighted by Crippen LogP contribution is -2.21. The van der Waals surface area contributed by atoms with Crippen molar-refractivity contribution >= 4 is 22.5 Å². The SMILES string of the molecule is CS(=O)(=O)OC[C@@H](O)CCN.Cl. The summed E-state index contributed by atoms with van der Waals surface area (Å²) in [4.78, 5) is 0. The zero-order valence-corrected chi connectivity index (χ0v) is 8.40. The summed E-state index contributed by atoms with van der Waals surface area (Å²) in [5.41, 5.74) is 5.10. The van der Waals surface area contributed by atoms with Crippen molar-refractivity contribution in [2.45, 2.75) is 12.5 Å². The molecule has 0 saturated heterocycles. The standard InChI is InChI=1S/C5H13NO4S.ClH/c1-11(8,9)10-4-5(7)2-3-6;/h5,7H,2-4,6H2,1H3;1H/t5-;/m0./s1. The van der Waals surface area contributed by atoms with E-state index < -0.39 is 16.2 Å². The van der Waals surface area contributed by atoms with Gasteiger partial charge >= 0.3 is 0 Å². The van der Waals surface area contributed by atoms with Gasteiger partial charge in [-0.3, -0.25) is 4.18 Å². The van der Waals surface area contributed by atoms with Gasteiger partial charge in [-0.2, -0.15) is 8.42 Å². The average Bonchev–Trinajstić information content (AvgIpc) is 1.83. The number of hydrogen-bond donors (Lipinski definition) is 2. The van der Waals surface area contributed by atoms with Gasteiger partial charge in [-0.05, 0) is 13.0 Å². The van der Waals surface area contributed by atoms with Crippen LogP contribution in [-0.2, 0) is 14.3 Å². The summed E-state index contributed by atoms with van der Waals surface area (Å²) in [6.07, 6.45) is 0.479. The van der Waals surface area contributed by atoms with Crippen LogP contribution in [0.1, 0.15) is 6.42 Å². The van der Waals surface area contributed by atoms with Crippen molar-refractivity contribution in [2.24, 2.45) is 5.73 Å². The Hall–Kier alpha value is 0.120. The Morgan fingerprint density at radius 3 is 2.42 bits per heavy atom. The Kier molecular flexibility index (Phi) is 8.07. The first-order valence-electron chi connectivity index (χ1n) is 3.18. The molecule has 76 valence electrons. The highest BCUT2D eigenvalue weighted by atomic mass is 35.5. The first-order chi connectivity index (χ1) is 4.95. The second kappa shape index (κ2) is 6.62. The van der Waals surface area contributed by atoms with Crippen LogP contribution in [0.3, 0.4) is 0 Å². The third-order valence-electron chi connectivity index (χ3n) is 0.974. The topological polar surface area (TPSA) is 89.6 Å². The zero-order chi connectivity index (χ0) is 8.91. The summed E-state index contributed by atoms with van der Waals surface area (Å²) in [5, 5.41) is 8.94. The predicted molar refractivity (Wildman–Crippen MR) is 47.7 cm³/mol. The average molecular weight is 220 g/mol. The van der Waals surface area contributed by atoms with E-state index in [2.05, 4.69) is 4.18 Å². The molecule has 0 fully saturated rings. The van der Waals surface area contributed by atoms with Gasteiger partial charge in [0.15, 0.2) is 0 Å². The minimum atomic E-state index is -3.44. The highest BCUT2D eigenvalue weighted by Gasteiger charge is 2.07. The maximum absolute atomic E-state index is 10.4. The van der Waals surface area contributed by atoms with E-state index in [0.717, 1.165) is 6.26 Å². The second-order valence-corrected chi connectivity index (χ2v) is 3.86. The minimum Gasteiger partial charge on any atom is -0.391 e. The van der Waals surface area contributed by atoms with Gasteiger partial charge in [0.25, 0.3) is 10.1 Å². The quantitative estimate of drug-likeness (QED) is 0.585. The first-order valence-corrected chi connectivity index (χ1v) is 5.00. The Bertz CT molecular complexity index is 194. The van der Waals surface area contributed by atoms with Gasteiger partial charge in [0, 0.05) is 0 Å². The van der Waals surface area contributed by atoms with E-state index in [4.69, 9.17) is 10.8 Å². The van der Waals surface area contributed by atoms with Crippen LogP contribution in [0.5, 0.6) is 0 Å². The number of aliphatic hydroxyl groups is 1. The van der Waals surface area contributed by atoms with E-state index in [1.54, 1.807) is 0 Å². The van der Waals surface area contributed by atoms with Crippen LogP contribution in [0.2, 0.25) is 0 Å². The van der Waals surface area contributed by atoms with Crippen molar-refractivity contribution in [2.75, 3.05) is 19.4 Å². The molecule has 7 heteroatoms. The van der Waals surface area contributed by atoms with Crippen LogP contribution in [0, 0.1) is 0 Å². The summed E-state index contributed by atoms with van der Waals surface area (Å²) in [5.74, 6) is 0. The molecule has 1 atom stereocenters. The van der Waals surface area contributed by atoms with E-state index >= 15 is 0 Å². The van der Waals surface area contributed by atoms with Crippen molar-refractivity contribution < 1.29 is 17.7 Å². The third kappa shape index (κ3) is 10.1. The summed E-state index contributed by atoms with van der Waals surface area (Å²) >= 11 is 0. The predicted octanol–water partition coefficient (Wildman–Crippen LogP) is -0.906. The zero-order valence-electron chi connectivity index (χ0n) is 6.76. The maximum Gasteiger partial charge on any atom is 0.264 e. The molecule has 0 rings (SSSR count). The highest BCUT2D eigenvalue weighted by molar-refractivity contribution is 7.85. The Labute approximate surface area is 78.4 Å². The number of hydrogen-bond acceptors (Lipinski definition) is 5. The van der Waals surface area contributed by atoms with Crippen LogP contribution in [0.4, 0.5) is 0 Å². The molecule has 0 spiro atoms. The van der Waals surface area contributed by atoms with E-state index in [0.29, 0.717) is 13.0 Å². The molecule has 0 aliphatic carbocycles. The third-order valence-corrected chi connectivity index (χ3v) is 1.54. The van der Waals surface area contributed by atoms with Crippen molar-refractivity contribution in [1.29, 1.82) is 0 Å². The minimum absolute atomic E-state index is 0. The molecule has 0 aromatic carbocycles. The number of halogens is 1. The molecule has 0 saturated carbocycles. The van der Waals surface area contributed by atoms with E-state index in [9.17, 15) is 8.42 Å². The fourth-order valence-electron chi connectivity index (χ4n) is 0.478. The van der Waals surface area contributed by atoms with E-state index in [1.807, 2.05) is 0 Å². The van der Waals surface area contributed by atoms with Gasteiger partial charge in [0.05, 0.1) is 19.0 Å². The Morgan fingerprint density at radius 1 is 1.58 bits per heavy atom. The molecule has 12 heavy (non-hydrogen) atoms. The molecule has 5 nitrogen and oxygen atoms in total. The summed E-state index contributed by atoms with van der Waals surface area (Å²) in [6.45, 7) is 0.102. The van der Waals surface area contributed by atoms with Crippen LogP contribution in [0.15, 0.2) is 0 Å². The summed E-state index contributed by atoms with van der Waals surface area (Å²) < 4.78 is 25.1. The van der Waals surface area contributed by atoms with Crippen LogP contribution in [-0.4, -0.2) is 39.0 Å². The smallest absolute Gasteiger partial charge is 0.264 e. The van der Waals surface area contributed by atoms with Gasteiger partial charge in [-0.25, -0.2) is 0 Å². The molecule has 0 heterocycles. The summed E-state index contributed by atoms with van der Waals surface area (Å²) in [7, 11) is -3.44. The van der Waals surface area contributed by atoms with Crippen molar-refractivity contribution in [3.05, 3.63) is 0 Å². The number of nitrogens with two attached hydrogens (primary N) is 1. The first kappa shape index (κ1) is 14.6. The molecular formula is C5H14ClNO4S. The molecule has 0 unspecified atom stereocenters. The molecule has 0 bridgehead atoms. The number of aliphatic hydroxyl groups excluding tert-OH is 1. The number of rotatable bonds is 5. The molecular weight excluding hydrogens is 206 g/mol. The van der Waals surface area contributed by atoms with Crippen molar-refractivity contribution in [1.82, 2.24) is 0 Å².